The van der Waals surface area contributed by atoms with Crippen LogP contribution in [0.2, 0.25) is 0 Å². The van der Waals surface area contributed by atoms with Crippen LogP contribution >= 0.6 is 0 Å². The zero-order valence-electron chi connectivity index (χ0n) is 12.2. The first-order valence-electron chi connectivity index (χ1n) is 7.15. The second kappa shape index (κ2) is 6.27. The molecule has 1 aliphatic rings. The largest absolute Gasteiger partial charge is 0.365 e. The Bertz CT molecular complexity index is 755. The van der Waals surface area contributed by atoms with Crippen molar-refractivity contribution in [3.05, 3.63) is 52.3 Å². The average molecular weight is 310 g/mol. The molecule has 3 heterocycles. The molecule has 1 N–H and O–H groups in total. The topological polar surface area (TPSA) is 108 Å². The van der Waals surface area contributed by atoms with E-state index in [0.717, 1.165) is 25.3 Å². The lowest BCUT2D eigenvalue weighted by molar-refractivity contribution is -0.385. The zero-order chi connectivity index (χ0) is 16.2. The highest BCUT2D eigenvalue weighted by Gasteiger charge is 2.24. The molecular formula is C15H14N6O2. The van der Waals surface area contributed by atoms with Crippen molar-refractivity contribution in [2.24, 2.45) is 0 Å². The van der Waals surface area contributed by atoms with Crippen molar-refractivity contribution in [2.75, 3.05) is 23.3 Å². The van der Waals surface area contributed by atoms with Crippen LogP contribution in [0.5, 0.6) is 0 Å². The minimum Gasteiger partial charge on any atom is -0.365 e. The van der Waals surface area contributed by atoms with Crippen LogP contribution < -0.4 is 10.2 Å². The van der Waals surface area contributed by atoms with Crippen LogP contribution in [0.1, 0.15) is 12.1 Å². The third-order valence-corrected chi connectivity index (χ3v) is 3.67. The Kier molecular flexibility index (Phi) is 4.01. The highest BCUT2D eigenvalue weighted by molar-refractivity contribution is 5.46. The predicted octanol–water partition coefficient (Wildman–Crippen LogP) is 1.95. The van der Waals surface area contributed by atoms with E-state index in [9.17, 15) is 10.1 Å². The summed E-state index contributed by atoms with van der Waals surface area (Å²) in [6.07, 6.45) is 2.14. The highest BCUT2D eigenvalue weighted by Crippen LogP contribution is 2.21. The van der Waals surface area contributed by atoms with E-state index in [4.69, 9.17) is 5.26 Å². The number of nitrogens with one attached hydrogen (secondary N) is 1. The second-order valence-electron chi connectivity index (χ2n) is 5.23. The number of rotatable bonds is 4. The molecule has 1 fully saturated rings. The van der Waals surface area contributed by atoms with Crippen molar-refractivity contribution < 1.29 is 4.92 Å². The summed E-state index contributed by atoms with van der Waals surface area (Å²) >= 11 is 0. The lowest BCUT2D eigenvalue weighted by Crippen LogP contribution is -2.26. The number of hydrogen-bond donors (Lipinski definition) is 1. The number of nitriles is 1. The van der Waals surface area contributed by atoms with Crippen LogP contribution in [-0.4, -0.2) is 34.0 Å². The van der Waals surface area contributed by atoms with E-state index >= 15 is 0 Å². The van der Waals surface area contributed by atoms with Gasteiger partial charge in [0.15, 0.2) is 0 Å². The van der Waals surface area contributed by atoms with Crippen molar-refractivity contribution in [1.29, 1.82) is 5.26 Å². The van der Waals surface area contributed by atoms with Crippen molar-refractivity contribution >= 4 is 17.3 Å². The molecule has 2 aromatic heterocycles. The SMILES string of the molecule is N#Cc1cccc(N2CCC(Nc3ccc([N+](=O)[O-])cn3)C2)n1. The minimum absolute atomic E-state index is 0.0267. The number of nitro groups is 1. The van der Waals surface area contributed by atoms with E-state index in [2.05, 4.69) is 20.2 Å². The molecule has 0 radical (unpaired) electrons. The molecule has 1 aliphatic heterocycles. The summed E-state index contributed by atoms with van der Waals surface area (Å²) < 4.78 is 0. The van der Waals surface area contributed by atoms with Gasteiger partial charge in [-0.1, -0.05) is 6.07 Å². The van der Waals surface area contributed by atoms with Crippen molar-refractivity contribution in [3.63, 3.8) is 0 Å². The maximum Gasteiger partial charge on any atom is 0.287 e. The number of nitrogens with zero attached hydrogens (tertiary/aromatic N) is 5. The summed E-state index contributed by atoms with van der Waals surface area (Å²) in [5, 5.41) is 22.8. The highest BCUT2D eigenvalue weighted by atomic mass is 16.6. The molecule has 116 valence electrons. The molecule has 8 heteroatoms. The molecule has 0 amide bonds. The molecule has 1 saturated heterocycles. The molecule has 0 spiro atoms. The molecule has 3 rings (SSSR count). The molecular weight excluding hydrogens is 296 g/mol. The maximum absolute atomic E-state index is 10.6. The van der Waals surface area contributed by atoms with Gasteiger partial charge in [0.05, 0.1) is 4.92 Å². The fourth-order valence-corrected chi connectivity index (χ4v) is 2.54. The lowest BCUT2D eigenvalue weighted by Gasteiger charge is -2.18. The van der Waals surface area contributed by atoms with Gasteiger partial charge in [0.25, 0.3) is 5.69 Å². The third-order valence-electron chi connectivity index (χ3n) is 3.67. The Balaban J connectivity index is 1.63. The van der Waals surface area contributed by atoms with Gasteiger partial charge in [-0.05, 0) is 24.6 Å². The Labute approximate surface area is 132 Å². The summed E-state index contributed by atoms with van der Waals surface area (Å²) in [6.45, 7) is 1.56. The Morgan fingerprint density at radius 3 is 2.96 bits per heavy atom. The molecule has 1 unspecified atom stereocenters. The molecule has 0 aromatic carbocycles. The van der Waals surface area contributed by atoms with Crippen molar-refractivity contribution in [3.8, 4) is 6.07 Å². The van der Waals surface area contributed by atoms with Crippen LogP contribution in [0, 0.1) is 21.4 Å². The molecule has 0 saturated carbocycles. The quantitative estimate of drug-likeness (QED) is 0.679. The summed E-state index contributed by atoms with van der Waals surface area (Å²) in [5.74, 6) is 1.39. The average Bonchev–Trinajstić information content (AvgIpc) is 3.04. The van der Waals surface area contributed by atoms with Crippen LogP contribution in [0.25, 0.3) is 0 Å². The number of pyridine rings is 2. The van der Waals surface area contributed by atoms with Crippen molar-refractivity contribution in [2.45, 2.75) is 12.5 Å². The van der Waals surface area contributed by atoms with E-state index < -0.39 is 4.92 Å². The van der Waals surface area contributed by atoms with E-state index in [0.29, 0.717) is 11.5 Å². The van der Waals surface area contributed by atoms with Gasteiger partial charge in [-0.15, -0.1) is 0 Å². The van der Waals surface area contributed by atoms with Gasteiger partial charge in [0.2, 0.25) is 0 Å². The van der Waals surface area contributed by atoms with E-state index in [1.54, 1.807) is 12.1 Å². The fourth-order valence-electron chi connectivity index (χ4n) is 2.54. The smallest absolute Gasteiger partial charge is 0.287 e. The first-order valence-corrected chi connectivity index (χ1v) is 7.15. The van der Waals surface area contributed by atoms with Crippen LogP contribution in [0.15, 0.2) is 36.5 Å². The Morgan fingerprint density at radius 2 is 2.26 bits per heavy atom. The van der Waals surface area contributed by atoms with E-state index in [-0.39, 0.29) is 11.7 Å². The van der Waals surface area contributed by atoms with Gasteiger partial charge in [0, 0.05) is 25.2 Å². The van der Waals surface area contributed by atoms with Gasteiger partial charge >= 0.3 is 0 Å². The van der Waals surface area contributed by atoms with Gasteiger partial charge in [-0.2, -0.15) is 5.26 Å². The predicted molar refractivity (Wildman–Crippen MR) is 84.1 cm³/mol. The monoisotopic (exact) mass is 310 g/mol. The normalized spacial score (nSPS) is 16.8. The maximum atomic E-state index is 10.6. The van der Waals surface area contributed by atoms with E-state index in [1.807, 2.05) is 18.2 Å². The zero-order valence-corrected chi connectivity index (χ0v) is 12.2. The summed E-state index contributed by atoms with van der Waals surface area (Å²) in [6, 6.07) is 10.6. The Hall–Kier alpha value is -3.21. The summed E-state index contributed by atoms with van der Waals surface area (Å²) in [7, 11) is 0. The van der Waals surface area contributed by atoms with Crippen LogP contribution in [0.3, 0.4) is 0 Å². The first-order chi connectivity index (χ1) is 11.2. The number of anilines is 2. The minimum atomic E-state index is -0.470. The lowest BCUT2D eigenvalue weighted by atomic mass is 10.2. The van der Waals surface area contributed by atoms with Gasteiger partial charge < -0.3 is 10.2 Å². The standard InChI is InChI=1S/C15H14N6O2/c16-8-11-2-1-3-15(19-11)20-7-6-12(10-20)18-14-5-4-13(9-17-14)21(22)23/h1-5,9,12H,6-7,10H2,(H,17,18). The molecule has 8 nitrogen and oxygen atoms in total. The van der Waals surface area contributed by atoms with E-state index in [1.165, 1.54) is 12.3 Å². The first kappa shape index (κ1) is 14.7. The van der Waals surface area contributed by atoms with Gasteiger partial charge in [-0.3, -0.25) is 10.1 Å². The summed E-state index contributed by atoms with van der Waals surface area (Å²) in [5.41, 5.74) is 0.372. The fraction of sp³-hybridized carbons (Fsp3) is 0.267. The molecule has 2 aromatic rings. The van der Waals surface area contributed by atoms with Crippen LogP contribution in [-0.2, 0) is 0 Å². The molecule has 0 aliphatic carbocycles. The Morgan fingerprint density at radius 1 is 1.39 bits per heavy atom. The van der Waals surface area contributed by atoms with Crippen molar-refractivity contribution in [1.82, 2.24) is 9.97 Å². The summed E-state index contributed by atoms with van der Waals surface area (Å²) in [4.78, 5) is 20.6. The van der Waals surface area contributed by atoms with Gasteiger partial charge in [0.1, 0.15) is 29.6 Å². The second-order valence-corrected chi connectivity index (χ2v) is 5.23. The molecule has 0 bridgehead atoms. The number of hydrogen-bond acceptors (Lipinski definition) is 7. The number of aromatic nitrogens is 2. The third kappa shape index (κ3) is 3.35. The molecule has 1 atom stereocenters. The molecule has 23 heavy (non-hydrogen) atoms. The van der Waals surface area contributed by atoms with Gasteiger partial charge in [-0.25, -0.2) is 9.97 Å². The van der Waals surface area contributed by atoms with Crippen LogP contribution in [0.4, 0.5) is 17.3 Å².